The highest BCUT2D eigenvalue weighted by Gasteiger charge is 2.34. The fourth-order valence-corrected chi connectivity index (χ4v) is 2.61. The van der Waals surface area contributed by atoms with Gasteiger partial charge in [-0.15, -0.1) is 0 Å². The van der Waals surface area contributed by atoms with Crippen LogP contribution in [-0.2, 0) is 4.79 Å². The van der Waals surface area contributed by atoms with Gasteiger partial charge >= 0.3 is 0 Å². The molecule has 22 heavy (non-hydrogen) atoms. The summed E-state index contributed by atoms with van der Waals surface area (Å²) in [5.41, 5.74) is 2.89. The van der Waals surface area contributed by atoms with Gasteiger partial charge in [-0.3, -0.25) is 4.79 Å². The van der Waals surface area contributed by atoms with Crippen LogP contribution in [0.4, 0.5) is 5.69 Å². The van der Waals surface area contributed by atoms with Gasteiger partial charge in [-0.1, -0.05) is 30.3 Å². The monoisotopic (exact) mass is 297 g/mol. The molecule has 1 aliphatic rings. The largest absolute Gasteiger partial charge is 0.482 e. The number of para-hydroxylation sites is 3. The molecule has 1 aliphatic heterocycles. The number of carbonyl (C=O) groups excluding carboxylic acids is 1. The standard InChI is InChI=1S/C18H19NO3/c1-11-7-6-8-12(2)16(11)19-18(20)17-13(3)21-14-9-4-5-10-15(14)22-17/h4-10,13,17H,1-3H3,(H,19,20). The van der Waals surface area contributed by atoms with Crippen molar-refractivity contribution >= 4 is 11.6 Å². The number of rotatable bonds is 2. The summed E-state index contributed by atoms with van der Waals surface area (Å²) in [6.45, 7) is 5.78. The summed E-state index contributed by atoms with van der Waals surface area (Å²) in [7, 11) is 0. The highest BCUT2D eigenvalue weighted by atomic mass is 16.6. The molecule has 0 saturated carbocycles. The Morgan fingerprint density at radius 1 is 0.955 bits per heavy atom. The smallest absolute Gasteiger partial charge is 0.269 e. The number of amides is 1. The molecule has 4 nitrogen and oxygen atoms in total. The van der Waals surface area contributed by atoms with E-state index in [9.17, 15) is 4.79 Å². The lowest BCUT2D eigenvalue weighted by molar-refractivity contribution is -0.128. The van der Waals surface area contributed by atoms with E-state index >= 15 is 0 Å². The molecule has 1 N–H and O–H groups in total. The Bertz CT molecular complexity index is 691. The lowest BCUT2D eigenvalue weighted by atomic mass is 10.1. The van der Waals surface area contributed by atoms with Crippen molar-refractivity contribution in [3.63, 3.8) is 0 Å². The number of aryl methyl sites for hydroxylation is 2. The van der Waals surface area contributed by atoms with Gasteiger partial charge in [0.15, 0.2) is 11.5 Å². The summed E-state index contributed by atoms with van der Waals surface area (Å²) in [4.78, 5) is 12.6. The zero-order valence-corrected chi connectivity index (χ0v) is 12.9. The van der Waals surface area contributed by atoms with Crippen molar-refractivity contribution in [2.75, 3.05) is 5.32 Å². The maximum Gasteiger partial charge on any atom is 0.269 e. The van der Waals surface area contributed by atoms with Gasteiger partial charge in [0.1, 0.15) is 6.10 Å². The van der Waals surface area contributed by atoms with E-state index < -0.39 is 6.10 Å². The fourth-order valence-electron chi connectivity index (χ4n) is 2.61. The summed E-state index contributed by atoms with van der Waals surface area (Å²) in [6, 6.07) is 13.3. The first-order valence-electron chi connectivity index (χ1n) is 7.35. The summed E-state index contributed by atoms with van der Waals surface area (Å²) < 4.78 is 11.6. The van der Waals surface area contributed by atoms with E-state index in [1.807, 2.05) is 57.2 Å². The number of fused-ring (bicyclic) bond motifs is 1. The van der Waals surface area contributed by atoms with Crippen molar-refractivity contribution < 1.29 is 14.3 Å². The molecule has 1 heterocycles. The van der Waals surface area contributed by atoms with Gasteiger partial charge in [-0.2, -0.15) is 0 Å². The maximum absolute atomic E-state index is 12.6. The van der Waals surface area contributed by atoms with Crippen molar-refractivity contribution in [1.82, 2.24) is 0 Å². The van der Waals surface area contributed by atoms with E-state index in [1.165, 1.54) is 0 Å². The Labute approximate surface area is 130 Å². The Morgan fingerprint density at radius 3 is 2.18 bits per heavy atom. The molecule has 4 heteroatoms. The molecule has 3 rings (SSSR count). The van der Waals surface area contributed by atoms with Crippen LogP contribution < -0.4 is 14.8 Å². The molecule has 114 valence electrons. The third-order valence-electron chi connectivity index (χ3n) is 3.83. The number of hydrogen-bond donors (Lipinski definition) is 1. The second-order valence-electron chi connectivity index (χ2n) is 5.56. The minimum Gasteiger partial charge on any atom is -0.482 e. The first-order chi connectivity index (χ1) is 10.6. The average Bonchev–Trinajstić information content (AvgIpc) is 2.50. The first kappa shape index (κ1) is 14.4. The highest BCUT2D eigenvalue weighted by molar-refractivity contribution is 5.96. The predicted molar refractivity (Wildman–Crippen MR) is 85.5 cm³/mol. The van der Waals surface area contributed by atoms with E-state index in [2.05, 4.69) is 5.32 Å². The zero-order chi connectivity index (χ0) is 15.7. The van der Waals surface area contributed by atoms with Crippen LogP contribution in [0.5, 0.6) is 11.5 Å². The molecule has 0 spiro atoms. The van der Waals surface area contributed by atoms with E-state index in [0.717, 1.165) is 16.8 Å². The summed E-state index contributed by atoms with van der Waals surface area (Å²) in [5.74, 6) is 1.08. The molecular formula is C18H19NO3. The number of carbonyl (C=O) groups is 1. The fraction of sp³-hybridized carbons (Fsp3) is 0.278. The molecule has 1 amide bonds. The van der Waals surface area contributed by atoms with E-state index in [-0.39, 0.29) is 12.0 Å². The Kier molecular flexibility index (Phi) is 3.75. The Morgan fingerprint density at radius 2 is 1.55 bits per heavy atom. The molecule has 0 aliphatic carbocycles. The van der Waals surface area contributed by atoms with Crippen LogP contribution in [0, 0.1) is 13.8 Å². The average molecular weight is 297 g/mol. The SMILES string of the molecule is Cc1cccc(C)c1NC(=O)C1Oc2ccccc2OC1C. The van der Waals surface area contributed by atoms with Gasteiger partial charge in [0.25, 0.3) is 5.91 Å². The van der Waals surface area contributed by atoms with Crippen LogP contribution in [0.15, 0.2) is 42.5 Å². The van der Waals surface area contributed by atoms with Gasteiger partial charge in [0.2, 0.25) is 6.10 Å². The van der Waals surface area contributed by atoms with Crippen molar-refractivity contribution in [1.29, 1.82) is 0 Å². The van der Waals surface area contributed by atoms with Crippen LogP contribution in [-0.4, -0.2) is 18.1 Å². The number of anilines is 1. The molecule has 2 aromatic carbocycles. The van der Waals surface area contributed by atoms with Crippen molar-refractivity contribution in [2.24, 2.45) is 0 Å². The van der Waals surface area contributed by atoms with Gasteiger partial charge < -0.3 is 14.8 Å². The second-order valence-corrected chi connectivity index (χ2v) is 5.56. The first-order valence-corrected chi connectivity index (χ1v) is 7.35. The van der Waals surface area contributed by atoms with Crippen LogP contribution in [0.2, 0.25) is 0 Å². The summed E-state index contributed by atoms with van der Waals surface area (Å²) in [6.07, 6.45) is -1.02. The lowest BCUT2D eigenvalue weighted by Crippen LogP contribution is -2.46. The predicted octanol–water partition coefficient (Wildman–Crippen LogP) is 3.47. The highest BCUT2D eigenvalue weighted by Crippen LogP contribution is 2.34. The van der Waals surface area contributed by atoms with Crippen LogP contribution >= 0.6 is 0 Å². The molecule has 2 aromatic rings. The third kappa shape index (κ3) is 2.64. The van der Waals surface area contributed by atoms with Crippen LogP contribution in [0.25, 0.3) is 0 Å². The zero-order valence-electron chi connectivity index (χ0n) is 12.9. The quantitative estimate of drug-likeness (QED) is 0.923. The molecule has 0 fully saturated rings. The number of nitrogens with one attached hydrogen (secondary N) is 1. The summed E-state index contributed by atoms with van der Waals surface area (Å²) >= 11 is 0. The summed E-state index contributed by atoms with van der Waals surface area (Å²) in [5, 5.41) is 2.97. The minimum atomic E-state index is -0.672. The van der Waals surface area contributed by atoms with E-state index in [0.29, 0.717) is 11.5 Å². The van der Waals surface area contributed by atoms with Crippen LogP contribution in [0.3, 0.4) is 0 Å². The molecular weight excluding hydrogens is 278 g/mol. The maximum atomic E-state index is 12.6. The van der Waals surface area contributed by atoms with Gasteiger partial charge in [0.05, 0.1) is 0 Å². The van der Waals surface area contributed by atoms with E-state index in [1.54, 1.807) is 6.07 Å². The van der Waals surface area contributed by atoms with Gasteiger partial charge in [-0.25, -0.2) is 0 Å². The van der Waals surface area contributed by atoms with Crippen molar-refractivity contribution in [2.45, 2.75) is 33.0 Å². The number of benzene rings is 2. The topological polar surface area (TPSA) is 47.6 Å². The molecule has 0 radical (unpaired) electrons. The second kappa shape index (κ2) is 5.72. The number of hydrogen-bond acceptors (Lipinski definition) is 3. The Balaban J connectivity index is 1.81. The molecule has 0 aromatic heterocycles. The molecule has 2 unspecified atom stereocenters. The molecule has 0 saturated heterocycles. The minimum absolute atomic E-state index is 0.195. The van der Waals surface area contributed by atoms with Crippen molar-refractivity contribution in [3.05, 3.63) is 53.6 Å². The number of ether oxygens (including phenoxy) is 2. The normalized spacial score (nSPS) is 19.6. The van der Waals surface area contributed by atoms with Crippen LogP contribution in [0.1, 0.15) is 18.1 Å². The Hall–Kier alpha value is -2.49. The lowest BCUT2D eigenvalue weighted by Gasteiger charge is -2.31. The van der Waals surface area contributed by atoms with Gasteiger partial charge in [-0.05, 0) is 44.0 Å². The van der Waals surface area contributed by atoms with Crippen molar-refractivity contribution in [3.8, 4) is 11.5 Å². The molecule has 0 bridgehead atoms. The van der Waals surface area contributed by atoms with Gasteiger partial charge in [0, 0.05) is 5.69 Å². The third-order valence-corrected chi connectivity index (χ3v) is 3.83. The van der Waals surface area contributed by atoms with E-state index in [4.69, 9.17) is 9.47 Å². The molecule has 2 atom stereocenters.